The standard InChI is InChI=1S/C19H27N5O2S.HI/c1-3-16-12-23-18(27-16)8-9-22-19(21-4-2)24-11-14-6-5-7-15(10-14)26-13-17(20)25;/h5-7,10,12H,3-4,8-9,11,13H2,1-2H3,(H2,20,25)(H2,21,22,24);1H. The molecule has 0 fully saturated rings. The van der Waals surface area contributed by atoms with Crippen LogP contribution < -0.4 is 21.1 Å². The smallest absolute Gasteiger partial charge is 0.255 e. The van der Waals surface area contributed by atoms with E-state index in [0.29, 0.717) is 12.3 Å². The Balaban J connectivity index is 0.00000392. The van der Waals surface area contributed by atoms with Crippen molar-refractivity contribution in [3.8, 4) is 5.75 Å². The van der Waals surface area contributed by atoms with Gasteiger partial charge in [-0.2, -0.15) is 0 Å². The molecule has 1 aromatic carbocycles. The average molecular weight is 517 g/mol. The number of halogens is 1. The minimum atomic E-state index is -0.497. The maximum absolute atomic E-state index is 10.8. The van der Waals surface area contributed by atoms with E-state index >= 15 is 0 Å². The van der Waals surface area contributed by atoms with Crippen LogP contribution >= 0.6 is 35.3 Å². The molecule has 0 saturated carbocycles. The highest BCUT2D eigenvalue weighted by Crippen LogP contribution is 2.14. The molecule has 28 heavy (non-hydrogen) atoms. The van der Waals surface area contributed by atoms with Crippen molar-refractivity contribution in [2.24, 2.45) is 10.7 Å². The molecule has 4 N–H and O–H groups in total. The number of nitrogens with two attached hydrogens (primary N) is 1. The molecule has 2 rings (SSSR count). The Morgan fingerprint density at radius 3 is 2.82 bits per heavy atom. The summed E-state index contributed by atoms with van der Waals surface area (Å²) >= 11 is 1.76. The van der Waals surface area contributed by atoms with E-state index < -0.39 is 5.91 Å². The van der Waals surface area contributed by atoms with Gasteiger partial charge >= 0.3 is 0 Å². The Labute approximate surface area is 187 Å². The van der Waals surface area contributed by atoms with Gasteiger partial charge in [-0.05, 0) is 31.0 Å². The molecule has 9 heteroatoms. The zero-order valence-corrected chi connectivity index (χ0v) is 19.4. The second kappa shape index (κ2) is 13.3. The van der Waals surface area contributed by atoms with Gasteiger partial charge in [0.05, 0.1) is 11.6 Å². The normalized spacial score (nSPS) is 10.9. The summed E-state index contributed by atoms with van der Waals surface area (Å²) in [6, 6.07) is 7.48. The molecule has 0 aliphatic rings. The molecule has 1 amide bonds. The Hall–Kier alpha value is -1.88. The Bertz CT molecular complexity index is 766. The van der Waals surface area contributed by atoms with Crippen molar-refractivity contribution in [2.75, 3.05) is 19.7 Å². The summed E-state index contributed by atoms with van der Waals surface area (Å²) in [5, 5.41) is 7.71. The highest BCUT2D eigenvalue weighted by atomic mass is 127. The van der Waals surface area contributed by atoms with Crippen molar-refractivity contribution >= 4 is 47.2 Å². The van der Waals surface area contributed by atoms with Crippen LogP contribution in [0, 0.1) is 0 Å². The summed E-state index contributed by atoms with van der Waals surface area (Å²) < 4.78 is 5.33. The highest BCUT2D eigenvalue weighted by Gasteiger charge is 2.03. The lowest BCUT2D eigenvalue weighted by Gasteiger charge is -2.11. The van der Waals surface area contributed by atoms with Gasteiger partial charge in [-0.15, -0.1) is 35.3 Å². The molecule has 0 spiro atoms. The van der Waals surface area contributed by atoms with Crippen LogP contribution in [0.3, 0.4) is 0 Å². The highest BCUT2D eigenvalue weighted by molar-refractivity contribution is 14.0. The van der Waals surface area contributed by atoms with Gasteiger partial charge in [0.25, 0.3) is 5.91 Å². The van der Waals surface area contributed by atoms with Gasteiger partial charge in [0.1, 0.15) is 5.75 Å². The Morgan fingerprint density at radius 1 is 1.32 bits per heavy atom. The van der Waals surface area contributed by atoms with Crippen LogP contribution in [0.2, 0.25) is 0 Å². The number of aliphatic imine (C=N–C) groups is 1. The topological polar surface area (TPSA) is 102 Å². The van der Waals surface area contributed by atoms with Crippen LogP contribution in [-0.4, -0.2) is 36.5 Å². The molecular formula is C19H28IN5O2S. The summed E-state index contributed by atoms with van der Waals surface area (Å²) in [6.07, 6.45) is 3.84. The summed E-state index contributed by atoms with van der Waals surface area (Å²) in [7, 11) is 0. The lowest BCUT2D eigenvalue weighted by atomic mass is 10.2. The van der Waals surface area contributed by atoms with E-state index in [0.717, 1.165) is 42.5 Å². The second-order valence-electron chi connectivity index (χ2n) is 5.85. The fourth-order valence-electron chi connectivity index (χ4n) is 2.32. The number of benzene rings is 1. The number of aryl methyl sites for hydroxylation is 1. The first kappa shape index (κ1) is 24.2. The Morgan fingerprint density at radius 2 is 2.14 bits per heavy atom. The van der Waals surface area contributed by atoms with Gasteiger partial charge in [0.2, 0.25) is 0 Å². The number of aromatic nitrogens is 1. The third-order valence-electron chi connectivity index (χ3n) is 3.62. The molecule has 0 aliphatic heterocycles. The molecular weight excluding hydrogens is 489 g/mol. The molecule has 0 aliphatic carbocycles. The minimum Gasteiger partial charge on any atom is -0.484 e. The molecule has 154 valence electrons. The largest absolute Gasteiger partial charge is 0.484 e. The average Bonchev–Trinajstić information content (AvgIpc) is 3.13. The molecule has 7 nitrogen and oxygen atoms in total. The quantitative estimate of drug-likeness (QED) is 0.256. The van der Waals surface area contributed by atoms with E-state index in [-0.39, 0.29) is 30.6 Å². The first-order valence-corrected chi connectivity index (χ1v) is 9.88. The summed E-state index contributed by atoms with van der Waals surface area (Å²) in [6.45, 7) is 6.09. The van der Waals surface area contributed by atoms with Crippen molar-refractivity contribution in [2.45, 2.75) is 33.2 Å². The van der Waals surface area contributed by atoms with Crippen LogP contribution in [-0.2, 0) is 24.2 Å². The predicted octanol–water partition coefficient (Wildman–Crippen LogP) is 2.49. The van der Waals surface area contributed by atoms with Crippen molar-refractivity contribution in [3.05, 3.63) is 45.9 Å². The number of nitrogens with zero attached hydrogens (tertiary/aromatic N) is 2. The fourth-order valence-corrected chi connectivity index (χ4v) is 3.18. The maximum atomic E-state index is 10.8. The fraction of sp³-hybridized carbons (Fsp3) is 0.421. The number of rotatable bonds is 10. The lowest BCUT2D eigenvalue weighted by Crippen LogP contribution is -2.38. The minimum absolute atomic E-state index is 0. The summed E-state index contributed by atoms with van der Waals surface area (Å²) in [4.78, 5) is 21.2. The van der Waals surface area contributed by atoms with Gasteiger partial charge < -0.3 is 21.1 Å². The number of carbonyl (C=O) groups is 1. The number of hydrogen-bond donors (Lipinski definition) is 3. The third-order valence-corrected chi connectivity index (χ3v) is 4.83. The summed E-state index contributed by atoms with van der Waals surface area (Å²) in [5.41, 5.74) is 6.09. The molecule has 2 aromatic rings. The van der Waals surface area contributed by atoms with Crippen molar-refractivity contribution < 1.29 is 9.53 Å². The monoisotopic (exact) mass is 517 g/mol. The van der Waals surface area contributed by atoms with Crippen LogP contribution in [0.15, 0.2) is 35.5 Å². The van der Waals surface area contributed by atoms with Crippen molar-refractivity contribution in [1.29, 1.82) is 0 Å². The molecule has 1 aromatic heterocycles. The lowest BCUT2D eigenvalue weighted by molar-refractivity contribution is -0.119. The molecule has 1 heterocycles. The zero-order valence-electron chi connectivity index (χ0n) is 16.2. The van der Waals surface area contributed by atoms with Gasteiger partial charge in [-0.25, -0.2) is 9.98 Å². The number of thiazole rings is 1. The van der Waals surface area contributed by atoms with Crippen LogP contribution in [0.1, 0.15) is 29.3 Å². The van der Waals surface area contributed by atoms with E-state index in [1.54, 1.807) is 17.4 Å². The van der Waals surface area contributed by atoms with E-state index in [2.05, 4.69) is 27.5 Å². The third kappa shape index (κ3) is 8.87. The number of amides is 1. The number of hydrogen-bond acceptors (Lipinski definition) is 5. The predicted molar refractivity (Wildman–Crippen MR) is 125 cm³/mol. The van der Waals surface area contributed by atoms with E-state index in [4.69, 9.17) is 10.5 Å². The van der Waals surface area contributed by atoms with Gasteiger partial charge in [0, 0.05) is 30.6 Å². The second-order valence-corrected chi connectivity index (χ2v) is 7.05. The first-order valence-electron chi connectivity index (χ1n) is 9.06. The van der Waals surface area contributed by atoms with E-state index in [1.807, 2.05) is 31.3 Å². The van der Waals surface area contributed by atoms with Crippen LogP contribution in [0.4, 0.5) is 0 Å². The van der Waals surface area contributed by atoms with Crippen molar-refractivity contribution in [1.82, 2.24) is 15.6 Å². The van der Waals surface area contributed by atoms with Gasteiger partial charge in [-0.1, -0.05) is 19.1 Å². The first-order chi connectivity index (χ1) is 13.1. The van der Waals surface area contributed by atoms with E-state index in [9.17, 15) is 4.79 Å². The molecule has 0 radical (unpaired) electrons. The number of nitrogens with one attached hydrogen (secondary N) is 2. The number of ether oxygens (including phenoxy) is 1. The molecule has 0 atom stereocenters. The van der Waals surface area contributed by atoms with Crippen LogP contribution in [0.5, 0.6) is 5.75 Å². The van der Waals surface area contributed by atoms with Crippen LogP contribution in [0.25, 0.3) is 0 Å². The van der Waals surface area contributed by atoms with Gasteiger partial charge in [0.15, 0.2) is 12.6 Å². The zero-order chi connectivity index (χ0) is 19.5. The maximum Gasteiger partial charge on any atom is 0.255 e. The van der Waals surface area contributed by atoms with Gasteiger partial charge in [-0.3, -0.25) is 4.79 Å². The molecule has 0 bridgehead atoms. The molecule has 0 saturated heterocycles. The Kier molecular flexibility index (Phi) is 11.5. The molecule has 0 unspecified atom stereocenters. The summed E-state index contributed by atoms with van der Waals surface area (Å²) in [5.74, 6) is 0.867. The van der Waals surface area contributed by atoms with E-state index in [1.165, 1.54) is 4.88 Å². The SMILES string of the molecule is CCNC(=NCc1cccc(OCC(N)=O)c1)NCCc1ncc(CC)s1.I. The number of carbonyl (C=O) groups excluding carboxylic acids is 1. The number of primary amides is 1. The van der Waals surface area contributed by atoms with Crippen molar-refractivity contribution in [3.63, 3.8) is 0 Å². The number of guanidine groups is 1.